The van der Waals surface area contributed by atoms with Crippen LogP contribution >= 0.6 is 0 Å². The van der Waals surface area contributed by atoms with Gasteiger partial charge < -0.3 is 15.2 Å². The minimum atomic E-state index is -0.760. The first-order chi connectivity index (χ1) is 9.09. The molecule has 0 bridgehead atoms. The van der Waals surface area contributed by atoms with Gasteiger partial charge in [-0.3, -0.25) is 4.79 Å². The Bertz CT molecular complexity index is 321. The van der Waals surface area contributed by atoms with Gasteiger partial charge in [-0.25, -0.2) is 0 Å². The molecule has 0 aromatic carbocycles. The normalized spacial score (nSPS) is 39.4. The molecular weight excluding hydrogens is 242 g/mol. The van der Waals surface area contributed by atoms with Crippen LogP contribution in [0.15, 0.2) is 0 Å². The quantitative estimate of drug-likeness (QED) is 0.805. The van der Waals surface area contributed by atoms with E-state index in [4.69, 9.17) is 4.74 Å². The highest BCUT2D eigenvalue weighted by atomic mass is 16.5. The average molecular weight is 269 g/mol. The fourth-order valence-electron chi connectivity index (χ4n) is 3.65. The molecule has 4 unspecified atom stereocenters. The van der Waals surface area contributed by atoms with Crippen molar-refractivity contribution >= 4 is 5.97 Å². The molecule has 0 heterocycles. The number of rotatable bonds is 5. The largest absolute Gasteiger partial charge is 0.480 e. The number of nitrogens with one attached hydrogen (secondary N) is 1. The molecule has 2 saturated carbocycles. The topological polar surface area (TPSA) is 58.6 Å². The summed E-state index contributed by atoms with van der Waals surface area (Å²) in [5.74, 6) is 0.0601. The van der Waals surface area contributed by atoms with Crippen molar-refractivity contribution in [3.63, 3.8) is 0 Å². The molecule has 0 aliphatic heterocycles. The fraction of sp³-hybridized carbons (Fsp3) is 0.933. The minimum absolute atomic E-state index is 0.115. The lowest BCUT2D eigenvalue weighted by Crippen LogP contribution is -2.48. The van der Waals surface area contributed by atoms with Crippen molar-refractivity contribution in [2.45, 2.75) is 76.0 Å². The molecule has 0 amide bonds. The molecule has 4 nitrogen and oxygen atoms in total. The Hall–Kier alpha value is -0.610. The van der Waals surface area contributed by atoms with Crippen LogP contribution in [0.3, 0.4) is 0 Å². The molecular formula is C15H27NO3. The maximum absolute atomic E-state index is 11.4. The zero-order chi connectivity index (χ0) is 13.9. The van der Waals surface area contributed by atoms with E-state index in [0.29, 0.717) is 18.9 Å². The number of hydrogen-bond acceptors (Lipinski definition) is 3. The van der Waals surface area contributed by atoms with E-state index >= 15 is 0 Å². The second kappa shape index (κ2) is 6.23. The van der Waals surface area contributed by atoms with Gasteiger partial charge in [-0.05, 0) is 38.6 Å². The summed E-state index contributed by atoms with van der Waals surface area (Å²) in [7, 11) is 1.74. The van der Waals surface area contributed by atoms with Crippen molar-refractivity contribution in [1.29, 1.82) is 0 Å². The summed E-state index contributed by atoms with van der Waals surface area (Å²) in [6.07, 6.45) is 8.73. The van der Waals surface area contributed by atoms with Crippen LogP contribution in [0.4, 0.5) is 0 Å². The lowest BCUT2D eigenvalue weighted by atomic mass is 9.85. The summed E-state index contributed by atoms with van der Waals surface area (Å²) in [5.41, 5.74) is -0.760. The van der Waals surface area contributed by atoms with Crippen LogP contribution in [-0.4, -0.2) is 35.9 Å². The molecule has 2 fully saturated rings. The van der Waals surface area contributed by atoms with Crippen molar-refractivity contribution in [3.8, 4) is 0 Å². The Morgan fingerprint density at radius 2 is 2.16 bits per heavy atom. The second-order valence-electron chi connectivity index (χ2n) is 6.20. The predicted octanol–water partition coefficient (Wildman–Crippen LogP) is 2.57. The van der Waals surface area contributed by atoms with E-state index in [-0.39, 0.29) is 6.10 Å². The van der Waals surface area contributed by atoms with E-state index in [1.54, 1.807) is 7.05 Å². The third-order valence-corrected chi connectivity index (χ3v) is 5.05. The lowest BCUT2D eigenvalue weighted by molar-refractivity contribution is -0.145. The maximum Gasteiger partial charge on any atom is 0.323 e. The predicted molar refractivity (Wildman–Crippen MR) is 74.2 cm³/mol. The number of carboxylic acid groups (broad SMARTS) is 1. The van der Waals surface area contributed by atoms with Crippen molar-refractivity contribution in [3.05, 3.63) is 0 Å². The molecule has 0 aromatic rings. The number of carbonyl (C=O) groups is 1. The molecule has 4 heteroatoms. The summed E-state index contributed by atoms with van der Waals surface area (Å²) in [5, 5.41) is 12.3. The van der Waals surface area contributed by atoms with Gasteiger partial charge in [0.05, 0.1) is 12.2 Å². The second-order valence-corrected chi connectivity index (χ2v) is 6.20. The van der Waals surface area contributed by atoms with E-state index < -0.39 is 11.5 Å². The number of likely N-dealkylation sites (N-methyl/N-ethyl adjacent to an activating group) is 1. The molecule has 110 valence electrons. The van der Waals surface area contributed by atoms with Gasteiger partial charge in [0, 0.05) is 6.42 Å². The van der Waals surface area contributed by atoms with Crippen LogP contribution in [-0.2, 0) is 9.53 Å². The lowest BCUT2D eigenvalue weighted by Gasteiger charge is -2.31. The van der Waals surface area contributed by atoms with Gasteiger partial charge in [-0.15, -0.1) is 0 Å². The van der Waals surface area contributed by atoms with Gasteiger partial charge in [0.25, 0.3) is 0 Å². The average Bonchev–Trinajstić information content (AvgIpc) is 2.83. The van der Waals surface area contributed by atoms with Crippen LogP contribution in [0.25, 0.3) is 0 Å². The van der Waals surface area contributed by atoms with E-state index in [1.165, 1.54) is 19.3 Å². The monoisotopic (exact) mass is 269 g/mol. The molecule has 2 rings (SSSR count). The van der Waals surface area contributed by atoms with Crippen LogP contribution < -0.4 is 5.32 Å². The van der Waals surface area contributed by atoms with Gasteiger partial charge in [0.2, 0.25) is 0 Å². The third kappa shape index (κ3) is 3.29. The fourth-order valence-corrected chi connectivity index (χ4v) is 3.65. The zero-order valence-electron chi connectivity index (χ0n) is 12.2. The maximum atomic E-state index is 11.4. The van der Waals surface area contributed by atoms with Gasteiger partial charge in [-0.2, -0.15) is 0 Å². The molecule has 0 spiro atoms. The van der Waals surface area contributed by atoms with Crippen LogP contribution in [0, 0.1) is 5.92 Å². The number of carboxylic acids is 1. The summed E-state index contributed by atoms with van der Waals surface area (Å²) >= 11 is 0. The molecule has 0 aromatic heterocycles. The van der Waals surface area contributed by atoms with Crippen LogP contribution in [0.5, 0.6) is 0 Å². The first kappa shape index (κ1) is 14.8. The van der Waals surface area contributed by atoms with Gasteiger partial charge in [-0.1, -0.05) is 26.2 Å². The van der Waals surface area contributed by atoms with Gasteiger partial charge >= 0.3 is 5.97 Å². The third-order valence-electron chi connectivity index (χ3n) is 5.05. The standard InChI is InChI=1S/C15H27NO3/c1-3-11-5-4-6-12(9-11)19-13-7-8-15(10-13,16-2)14(17)18/h11-13,16H,3-10H2,1-2H3,(H,17,18). The first-order valence-corrected chi connectivity index (χ1v) is 7.67. The molecule has 0 radical (unpaired) electrons. The minimum Gasteiger partial charge on any atom is -0.480 e. The van der Waals surface area contributed by atoms with Crippen molar-refractivity contribution in [2.24, 2.45) is 5.92 Å². The SMILES string of the molecule is CCC1CCCC(OC2CCC(NC)(C(=O)O)C2)C1. The summed E-state index contributed by atoms with van der Waals surface area (Å²) in [6, 6.07) is 0. The molecule has 2 aliphatic rings. The Morgan fingerprint density at radius 1 is 1.37 bits per heavy atom. The molecule has 4 atom stereocenters. The van der Waals surface area contributed by atoms with Crippen LogP contribution in [0.2, 0.25) is 0 Å². The summed E-state index contributed by atoms with van der Waals surface area (Å²) in [4.78, 5) is 11.4. The van der Waals surface area contributed by atoms with Crippen LogP contribution in [0.1, 0.15) is 58.3 Å². The summed E-state index contributed by atoms with van der Waals surface area (Å²) < 4.78 is 6.19. The zero-order valence-corrected chi connectivity index (χ0v) is 12.2. The summed E-state index contributed by atoms with van der Waals surface area (Å²) in [6.45, 7) is 2.25. The number of aliphatic carboxylic acids is 1. The van der Waals surface area contributed by atoms with Crippen molar-refractivity contribution < 1.29 is 14.6 Å². The highest BCUT2D eigenvalue weighted by molar-refractivity contribution is 5.79. The van der Waals surface area contributed by atoms with E-state index in [9.17, 15) is 9.90 Å². The smallest absolute Gasteiger partial charge is 0.323 e. The Labute approximate surface area is 115 Å². The Kier molecular flexibility index (Phi) is 4.85. The van der Waals surface area contributed by atoms with E-state index in [0.717, 1.165) is 25.2 Å². The Balaban J connectivity index is 1.86. The number of hydrogen-bond donors (Lipinski definition) is 2. The highest BCUT2D eigenvalue weighted by Gasteiger charge is 2.45. The first-order valence-electron chi connectivity index (χ1n) is 7.67. The van der Waals surface area contributed by atoms with Crippen molar-refractivity contribution in [2.75, 3.05) is 7.05 Å². The highest BCUT2D eigenvalue weighted by Crippen LogP contribution is 2.36. The van der Waals surface area contributed by atoms with E-state index in [2.05, 4.69) is 12.2 Å². The molecule has 2 N–H and O–H groups in total. The number of ether oxygens (including phenoxy) is 1. The molecule has 0 saturated heterocycles. The Morgan fingerprint density at radius 3 is 2.74 bits per heavy atom. The van der Waals surface area contributed by atoms with Gasteiger partial charge in [0.1, 0.15) is 5.54 Å². The molecule has 19 heavy (non-hydrogen) atoms. The van der Waals surface area contributed by atoms with Crippen molar-refractivity contribution in [1.82, 2.24) is 5.32 Å². The molecule has 2 aliphatic carbocycles. The van der Waals surface area contributed by atoms with E-state index in [1.807, 2.05) is 0 Å². The van der Waals surface area contributed by atoms with Gasteiger partial charge in [0.15, 0.2) is 0 Å².